The smallest absolute Gasteiger partial charge is 0.456 e. The molecule has 0 spiro atoms. The van der Waals surface area contributed by atoms with Gasteiger partial charge in [0.25, 0.3) is 0 Å². The highest BCUT2D eigenvalue weighted by molar-refractivity contribution is 5.75. The van der Waals surface area contributed by atoms with Gasteiger partial charge < -0.3 is 9.47 Å². The Labute approximate surface area is 79.2 Å². The second kappa shape index (κ2) is 3.42. The van der Waals surface area contributed by atoms with E-state index in [0.717, 1.165) is 0 Å². The molecule has 0 aliphatic carbocycles. The van der Waals surface area contributed by atoms with Crippen LogP contribution < -0.4 is 0 Å². The predicted molar refractivity (Wildman–Crippen MR) is 40.6 cm³/mol. The minimum absolute atomic E-state index is 0.108. The van der Waals surface area contributed by atoms with Crippen LogP contribution in [0.1, 0.15) is 20.3 Å². The van der Waals surface area contributed by atoms with Gasteiger partial charge in [-0.15, -0.1) is 0 Å². The van der Waals surface area contributed by atoms with Crippen molar-refractivity contribution in [1.82, 2.24) is 0 Å². The maximum absolute atomic E-state index is 11.7. The number of hydrogen-bond acceptors (Lipinski definition) is 3. The van der Waals surface area contributed by atoms with Crippen molar-refractivity contribution in [3.8, 4) is 0 Å². The molecule has 0 aromatic rings. The van der Waals surface area contributed by atoms with Crippen molar-refractivity contribution in [1.29, 1.82) is 0 Å². The van der Waals surface area contributed by atoms with Gasteiger partial charge in [-0.25, -0.2) is 4.79 Å². The van der Waals surface area contributed by atoms with Crippen LogP contribution in [0.3, 0.4) is 0 Å². The van der Waals surface area contributed by atoms with Crippen molar-refractivity contribution >= 4 is 5.97 Å². The van der Waals surface area contributed by atoms with Crippen LogP contribution in [0, 0.1) is 0 Å². The van der Waals surface area contributed by atoms with Crippen molar-refractivity contribution in [3.63, 3.8) is 0 Å². The molecule has 0 saturated carbocycles. The predicted octanol–water partition coefficient (Wildman–Crippen LogP) is 1.66. The maximum atomic E-state index is 11.7. The number of halogens is 3. The summed E-state index contributed by atoms with van der Waals surface area (Å²) in [6.45, 7) is 3.12. The molecular weight excluding hydrogens is 201 g/mol. The van der Waals surface area contributed by atoms with Crippen LogP contribution in [0.4, 0.5) is 13.2 Å². The van der Waals surface area contributed by atoms with Crippen LogP contribution in [-0.4, -0.2) is 30.5 Å². The quantitative estimate of drug-likeness (QED) is 0.527. The summed E-state index contributed by atoms with van der Waals surface area (Å²) in [7, 11) is 0. The number of alkyl halides is 3. The molecular formula is C8H11F3O3. The summed E-state index contributed by atoms with van der Waals surface area (Å²) < 4.78 is 44.3. The molecule has 1 saturated heterocycles. The van der Waals surface area contributed by atoms with E-state index in [1.165, 1.54) is 0 Å². The first-order valence-corrected chi connectivity index (χ1v) is 4.21. The van der Waals surface area contributed by atoms with Gasteiger partial charge in [-0.3, -0.25) is 0 Å². The molecule has 14 heavy (non-hydrogen) atoms. The van der Waals surface area contributed by atoms with Crippen LogP contribution in [0.2, 0.25) is 0 Å². The van der Waals surface area contributed by atoms with Crippen molar-refractivity contribution in [2.75, 3.05) is 6.61 Å². The van der Waals surface area contributed by atoms with Crippen molar-refractivity contribution in [3.05, 3.63) is 0 Å². The van der Waals surface area contributed by atoms with Crippen molar-refractivity contribution < 1.29 is 27.4 Å². The minimum Gasteiger partial charge on any atom is -0.456 e. The Hall–Kier alpha value is -0.780. The number of carbonyl (C=O) groups excluding carboxylic acids is 1. The van der Waals surface area contributed by atoms with Gasteiger partial charge in [-0.2, -0.15) is 13.2 Å². The Morgan fingerprint density at radius 2 is 2.14 bits per heavy atom. The van der Waals surface area contributed by atoms with Gasteiger partial charge in [0, 0.05) is 0 Å². The first-order chi connectivity index (χ1) is 6.29. The Bertz CT molecular complexity index is 238. The minimum atomic E-state index is -4.92. The summed E-state index contributed by atoms with van der Waals surface area (Å²) >= 11 is 0. The monoisotopic (exact) mass is 212 g/mol. The van der Waals surface area contributed by atoms with Crippen molar-refractivity contribution in [2.24, 2.45) is 0 Å². The molecule has 0 radical (unpaired) electrons. The van der Waals surface area contributed by atoms with Crippen molar-refractivity contribution in [2.45, 2.75) is 38.1 Å². The zero-order valence-electron chi connectivity index (χ0n) is 7.85. The normalized spacial score (nSPS) is 31.4. The van der Waals surface area contributed by atoms with Gasteiger partial charge in [-0.05, 0) is 13.3 Å². The van der Waals surface area contributed by atoms with Crippen LogP contribution in [0.25, 0.3) is 0 Å². The van der Waals surface area contributed by atoms with Crippen LogP contribution >= 0.6 is 0 Å². The number of hydrogen-bond donors (Lipinski definition) is 0. The molecule has 0 N–H and O–H groups in total. The molecule has 0 aromatic carbocycles. The van der Waals surface area contributed by atoms with E-state index in [1.807, 2.05) is 6.92 Å². The number of rotatable bonds is 3. The van der Waals surface area contributed by atoms with Gasteiger partial charge in [0.2, 0.25) is 0 Å². The van der Waals surface area contributed by atoms with E-state index in [9.17, 15) is 18.0 Å². The molecule has 1 rings (SSSR count). The molecule has 2 atom stereocenters. The molecule has 82 valence electrons. The van der Waals surface area contributed by atoms with E-state index in [-0.39, 0.29) is 12.7 Å². The lowest BCUT2D eigenvalue weighted by Crippen LogP contribution is -2.30. The van der Waals surface area contributed by atoms with Gasteiger partial charge in [0.15, 0.2) is 0 Å². The lowest BCUT2D eigenvalue weighted by atomic mass is 10.1. The Balaban J connectivity index is 2.32. The SMILES string of the molecule is CCC1OC1(C)COC(=O)C(F)(F)F. The summed E-state index contributed by atoms with van der Waals surface area (Å²) in [4.78, 5) is 10.3. The first-order valence-electron chi connectivity index (χ1n) is 4.21. The van der Waals surface area contributed by atoms with E-state index in [4.69, 9.17) is 4.74 Å². The van der Waals surface area contributed by atoms with E-state index >= 15 is 0 Å². The van der Waals surface area contributed by atoms with Crippen LogP contribution in [0.15, 0.2) is 0 Å². The zero-order valence-corrected chi connectivity index (χ0v) is 7.85. The van der Waals surface area contributed by atoms with Gasteiger partial charge in [0.1, 0.15) is 12.2 Å². The molecule has 0 amide bonds. The molecule has 0 bridgehead atoms. The second-order valence-corrected chi connectivity index (χ2v) is 3.40. The number of esters is 1. The topological polar surface area (TPSA) is 38.8 Å². The largest absolute Gasteiger partial charge is 0.490 e. The molecule has 1 aliphatic heterocycles. The third-order valence-corrected chi connectivity index (χ3v) is 2.13. The third kappa shape index (κ3) is 2.37. The highest BCUT2D eigenvalue weighted by Crippen LogP contribution is 2.38. The number of ether oxygens (including phenoxy) is 2. The van der Waals surface area contributed by atoms with Gasteiger partial charge in [0.05, 0.1) is 6.10 Å². The number of carbonyl (C=O) groups is 1. The molecule has 0 aromatic heterocycles. The fraction of sp³-hybridized carbons (Fsp3) is 0.875. The standard InChI is InChI=1S/C8H11F3O3/c1-3-5-7(2,14-5)4-13-6(12)8(9,10)11/h5H,3-4H2,1-2H3. The summed E-state index contributed by atoms with van der Waals surface area (Å²) in [5.74, 6) is -2.16. The average molecular weight is 212 g/mol. The summed E-state index contributed by atoms with van der Waals surface area (Å²) in [5.41, 5.74) is -0.727. The second-order valence-electron chi connectivity index (χ2n) is 3.40. The van der Waals surface area contributed by atoms with Crippen LogP contribution in [0.5, 0.6) is 0 Å². The van der Waals surface area contributed by atoms with E-state index in [1.54, 1.807) is 6.92 Å². The lowest BCUT2D eigenvalue weighted by Gasteiger charge is -2.09. The number of epoxide rings is 1. The summed E-state index contributed by atoms with van der Waals surface area (Å²) in [6.07, 6.45) is -4.34. The van der Waals surface area contributed by atoms with Gasteiger partial charge in [-0.1, -0.05) is 6.92 Å². The Morgan fingerprint density at radius 3 is 2.50 bits per heavy atom. The lowest BCUT2D eigenvalue weighted by molar-refractivity contribution is -0.201. The fourth-order valence-electron chi connectivity index (χ4n) is 1.22. The van der Waals surface area contributed by atoms with Gasteiger partial charge >= 0.3 is 12.1 Å². The molecule has 3 nitrogen and oxygen atoms in total. The first kappa shape index (κ1) is 11.3. The zero-order chi connectivity index (χ0) is 11.0. The molecule has 1 aliphatic rings. The summed E-state index contributed by atoms with van der Waals surface area (Å²) in [5, 5.41) is 0. The molecule has 6 heteroatoms. The maximum Gasteiger partial charge on any atom is 0.490 e. The average Bonchev–Trinajstić information content (AvgIpc) is 2.72. The van der Waals surface area contributed by atoms with E-state index in [0.29, 0.717) is 6.42 Å². The highest BCUT2D eigenvalue weighted by Gasteiger charge is 2.53. The molecule has 1 heterocycles. The third-order valence-electron chi connectivity index (χ3n) is 2.13. The van der Waals surface area contributed by atoms with E-state index < -0.39 is 17.7 Å². The van der Waals surface area contributed by atoms with E-state index in [2.05, 4.69) is 4.74 Å². The Kier molecular flexibility index (Phi) is 2.76. The highest BCUT2D eigenvalue weighted by atomic mass is 19.4. The fourth-order valence-corrected chi connectivity index (χ4v) is 1.22. The Morgan fingerprint density at radius 1 is 1.57 bits per heavy atom. The molecule has 1 fully saturated rings. The molecule has 2 unspecified atom stereocenters. The summed E-state index contributed by atoms with van der Waals surface area (Å²) in [6, 6.07) is 0. The van der Waals surface area contributed by atoms with Crippen LogP contribution in [-0.2, 0) is 14.3 Å².